The molecule has 1 N–H and O–H groups in total. The molecule has 0 saturated carbocycles. The van der Waals surface area contributed by atoms with Crippen LogP contribution in [0.4, 0.5) is 17.6 Å². The second-order valence-corrected chi connectivity index (χ2v) is 8.58. The highest BCUT2D eigenvalue weighted by atomic mass is 19.4. The molecule has 0 aliphatic rings. The summed E-state index contributed by atoms with van der Waals surface area (Å²) in [6, 6.07) is 18.8. The summed E-state index contributed by atoms with van der Waals surface area (Å²) in [4.78, 5) is 12.8. The van der Waals surface area contributed by atoms with Gasteiger partial charge in [-0.1, -0.05) is 48.5 Å². The van der Waals surface area contributed by atoms with Gasteiger partial charge < -0.3 is 14.6 Å². The number of carbonyl (C=O) groups is 1. The molecule has 0 fully saturated rings. The summed E-state index contributed by atoms with van der Waals surface area (Å²) in [5.74, 6) is -1.24. The average molecular weight is 499 g/mol. The molecule has 1 unspecified atom stereocenters. The summed E-state index contributed by atoms with van der Waals surface area (Å²) < 4.78 is 60.9. The van der Waals surface area contributed by atoms with Gasteiger partial charge in [-0.25, -0.2) is 4.39 Å². The molecule has 4 rings (SSSR count). The van der Waals surface area contributed by atoms with Gasteiger partial charge >= 0.3 is 6.18 Å². The lowest BCUT2D eigenvalue weighted by Gasteiger charge is -2.19. The number of alkyl halides is 3. The lowest BCUT2D eigenvalue weighted by molar-refractivity contribution is -0.137. The van der Waals surface area contributed by atoms with Gasteiger partial charge in [0.25, 0.3) is 0 Å². The maximum absolute atomic E-state index is 13.5. The van der Waals surface area contributed by atoms with Crippen LogP contribution < -0.4 is 5.32 Å². The third-order valence-corrected chi connectivity index (χ3v) is 6.10. The van der Waals surface area contributed by atoms with Gasteiger partial charge in [0, 0.05) is 49.6 Å². The first-order valence-electron chi connectivity index (χ1n) is 11.5. The van der Waals surface area contributed by atoms with Crippen molar-refractivity contribution in [3.63, 3.8) is 0 Å². The van der Waals surface area contributed by atoms with Crippen LogP contribution in [0.1, 0.15) is 34.6 Å². The van der Waals surface area contributed by atoms with Crippen LogP contribution in [-0.4, -0.2) is 30.7 Å². The van der Waals surface area contributed by atoms with E-state index in [2.05, 4.69) is 5.32 Å². The van der Waals surface area contributed by atoms with Crippen LogP contribution in [0.3, 0.4) is 0 Å². The van der Waals surface area contributed by atoms with Crippen LogP contribution in [0.15, 0.2) is 79.0 Å². The highest BCUT2D eigenvalue weighted by Crippen LogP contribution is 2.38. The fourth-order valence-corrected chi connectivity index (χ4v) is 4.36. The number of methoxy groups -OCH3 is 1. The Balaban J connectivity index is 1.78. The van der Waals surface area contributed by atoms with Crippen LogP contribution in [0.2, 0.25) is 0 Å². The van der Waals surface area contributed by atoms with Crippen molar-refractivity contribution in [2.45, 2.75) is 25.1 Å². The second-order valence-electron chi connectivity index (χ2n) is 8.58. The van der Waals surface area contributed by atoms with Gasteiger partial charge in [0.05, 0.1) is 12.2 Å². The number of hydrogen-bond donors (Lipinski definition) is 1. The minimum absolute atomic E-state index is 0.0322. The van der Waals surface area contributed by atoms with E-state index in [-0.39, 0.29) is 18.1 Å². The van der Waals surface area contributed by atoms with Crippen LogP contribution in [0, 0.1) is 5.82 Å². The Labute approximate surface area is 206 Å². The van der Waals surface area contributed by atoms with Crippen molar-refractivity contribution >= 4 is 16.8 Å². The number of halogens is 4. The van der Waals surface area contributed by atoms with E-state index in [4.69, 9.17) is 4.74 Å². The highest BCUT2D eigenvalue weighted by molar-refractivity contribution is 5.86. The van der Waals surface area contributed by atoms with Crippen LogP contribution >= 0.6 is 0 Å². The number of para-hydroxylation sites is 1. The Hall–Kier alpha value is -3.65. The average Bonchev–Trinajstić information content (AvgIpc) is 3.22. The molecule has 0 aliphatic heterocycles. The molecule has 188 valence electrons. The first-order chi connectivity index (χ1) is 17.3. The van der Waals surface area contributed by atoms with Gasteiger partial charge in [0.1, 0.15) is 5.82 Å². The number of ether oxygens (including phenoxy) is 1. The van der Waals surface area contributed by atoms with Gasteiger partial charge in [-0.2, -0.15) is 13.2 Å². The Morgan fingerprint density at radius 3 is 2.50 bits per heavy atom. The normalized spacial score (nSPS) is 12.6. The van der Waals surface area contributed by atoms with Crippen molar-refractivity contribution in [2.24, 2.45) is 0 Å². The molecule has 0 aliphatic carbocycles. The summed E-state index contributed by atoms with van der Waals surface area (Å²) >= 11 is 0. The molecule has 4 aromatic rings. The number of nitrogens with zero attached hydrogens (tertiary/aromatic N) is 1. The number of amides is 1. The maximum Gasteiger partial charge on any atom is 0.416 e. The molecule has 4 nitrogen and oxygen atoms in total. The number of carbonyl (C=O) groups excluding carboxylic acids is 1. The zero-order chi connectivity index (χ0) is 25.7. The number of nitrogens with one attached hydrogen (secondary N) is 1. The summed E-state index contributed by atoms with van der Waals surface area (Å²) in [5, 5.41) is 3.61. The Morgan fingerprint density at radius 2 is 1.78 bits per heavy atom. The summed E-state index contributed by atoms with van der Waals surface area (Å²) in [7, 11) is 1.52. The van der Waals surface area contributed by atoms with Gasteiger partial charge in [-0.3, -0.25) is 4.79 Å². The number of hydrogen-bond acceptors (Lipinski definition) is 2. The molecule has 0 spiro atoms. The van der Waals surface area contributed by atoms with Crippen molar-refractivity contribution in [1.29, 1.82) is 0 Å². The lowest BCUT2D eigenvalue weighted by atomic mass is 9.87. The van der Waals surface area contributed by atoms with Crippen molar-refractivity contribution in [1.82, 2.24) is 9.88 Å². The molecule has 8 heteroatoms. The molecular formula is C28H26F4N2O2. The Morgan fingerprint density at radius 1 is 1.03 bits per heavy atom. The molecule has 1 atom stereocenters. The standard InChI is InChI=1S/C28H26F4N2O2/c1-36-14-13-33-27(35)16-24(20-5-4-6-21(15-20)28(30,31)32)25-18-34(26-8-3-2-7-23(25)26)17-19-9-11-22(29)12-10-19/h2-12,15,18,24H,13-14,16-17H2,1H3,(H,33,35). The lowest BCUT2D eigenvalue weighted by Crippen LogP contribution is -2.28. The predicted molar refractivity (Wildman–Crippen MR) is 130 cm³/mol. The summed E-state index contributed by atoms with van der Waals surface area (Å²) in [6.07, 6.45) is -2.66. The monoisotopic (exact) mass is 498 g/mol. The molecule has 0 radical (unpaired) electrons. The summed E-state index contributed by atoms with van der Waals surface area (Å²) in [5.41, 5.74) is 2.12. The number of benzene rings is 3. The quantitative estimate of drug-likeness (QED) is 0.223. The zero-order valence-electron chi connectivity index (χ0n) is 19.7. The Kier molecular flexibility index (Phi) is 7.74. The van der Waals surface area contributed by atoms with Crippen molar-refractivity contribution in [2.75, 3.05) is 20.3 Å². The number of rotatable bonds is 9. The molecule has 1 amide bonds. The summed E-state index contributed by atoms with van der Waals surface area (Å²) in [6.45, 7) is 1.07. The van der Waals surface area contributed by atoms with E-state index < -0.39 is 17.7 Å². The predicted octanol–water partition coefficient (Wildman–Crippen LogP) is 6.13. The number of aromatic nitrogens is 1. The van der Waals surface area contributed by atoms with E-state index in [1.807, 2.05) is 35.0 Å². The zero-order valence-corrected chi connectivity index (χ0v) is 19.7. The molecule has 3 aromatic carbocycles. The SMILES string of the molecule is COCCNC(=O)CC(c1cccc(C(F)(F)F)c1)c1cn(Cc2ccc(F)cc2)c2ccccc12. The number of fused-ring (bicyclic) bond motifs is 1. The van der Waals surface area contributed by atoms with E-state index >= 15 is 0 Å². The van der Waals surface area contributed by atoms with Crippen molar-refractivity contribution < 1.29 is 27.1 Å². The molecule has 1 heterocycles. The van der Waals surface area contributed by atoms with Gasteiger partial charge in [-0.15, -0.1) is 0 Å². The molecule has 36 heavy (non-hydrogen) atoms. The molecule has 0 bridgehead atoms. The fourth-order valence-electron chi connectivity index (χ4n) is 4.36. The molecular weight excluding hydrogens is 472 g/mol. The maximum atomic E-state index is 13.5. The smallest absolute Gasteiger partial charge is 0.383 e. The van der Waals surface area contributed by atoms with E-state index in [1.54, 1.807) is 18.2 Å². The first-order valence-corrected chi connectivity index (χ1v) is 11.5. The van der Waals surface area contributed by atoms with Crippen LogP contribution in [0.5, 0.6) is 0 Å². The van der Waals surface area contributed by atoms with E-state index in [1.165, 1.54) is 25.3 Å². The van der Waals surface area contributed by atoms with Gasteiger partial charge in [0.15, 0.2) is 0 Å². The third kappa shape index (κ3) is 5.94. The minimum atomic E-state index is -4.50. The minimum Gasteiger partial charge on any atom is -0.383 e. The van der Waals surface area contributed by atoms with E-state index in [0.717, 1.165) is 34.2 Å². The van der Waals surface area contributed by atoms with E-state index in [0.29, 0.717) is 25.3 Å². The van der Waals surface area contributed by atoms with Crippen molar-refractivity contribution in [3.05, 3.63) is 107 Å². The fraction of sp³-hybridized carbons (Fsp3) is 0.250. The first kappa shape index (κ1) is 25.4. The van der Waals surface area contributed by atoms with E-state index in [9.17, 15) is 22.4 Å². The van der Waals surface area contributed by atoms with Crippen LogP contribution in [0.25, 0.3) is 10.9 Å². The van der Waals surface area contributed by atoms with Crippen LogP contribution in [-0.2, 0) is 22.3 Å². The second kappa shape index (κ2) is 11.0. The van der Waals surface area contributed by atoms with Crippen molar-refractivity contribution in [3.8, 4) is 0 Å². The molecule has 0 saturated heterocycles. The third-order valence-electron chi connectivity index (χ3n) is 6.10. The topological polar surface area (TPSA) is 43.3 Å². The van der Waals surface area contributed by atoms with Gasteiger partial charge in [0.2, 0.25) is 5.91 Å². The highest BCUT2D eigenvalue weighted by Gasteiger charge is 2.32. The van der Waals surface area contributed by atoms with Gasteiger partial charge in [-0.05, 0) is 41.0 Å². The largest absolute Gasteiger partial charge is 0.416 e. The molecule has 1 aromatic heterocycles. The Bertz CT molecular complexity index is 1330.